The minimum Gasteiger partial charge on any atom is -0.386 e. The fraction of sp³-hybridized carbons (Fsp3) is 0.385. The quantitative estimate of drug-likeness (QED) is 0.577. The van der Waals surface area contributed by atoms with Crippen LogP contribution in [0.2, 0.25) is 0 Å². The lowest BCUT2D eigenvalue weighted by Crippen LogP contribution is -2.34. The topological polar surface area (TPSA) is 27.7 Å². The molecule has 0 saturated carbocycles. The molecule has 1 unspecified atom stereocenters. The minimum atomic E-state index is -0.547. The molecule has 1 atom stereocenters. The average Bonchev–Trinajstić information content (AvgIpc) is 2.40. The van der Waals surface area contributed by atoms with E-state index in [1.165, 1.54) is 0 Å². The number of rotatable bonds is 5. The monoisotopic (exact) mass is 232 g/mol. The van der Waals surface area contributed by atoms with Crippen molar-refractivity contribution in [3.8, 4) is 0 Å². The zero-order valence-corrected chi connectivity index (χ0v) is 9.88. The van der Waals surface area contributed by atoms with E-state index in [4.69, 9.17) is 14.0 Å². The van der Waals surface area contributed by atoms with Gasteiger partial charge in [-0.15, -0.1) is 6.58 Å². The van der Waals surface area contributed by atoms with Crippen molar-refractivity contribution in [3.63, 3.8) is 0 Å². The molecule has 1 aromatic rings. The van der Waals surface area contributed by atoms with Crippen LogP contribution in [0.3, 0.4) is 0 Å². The van der Waals surface area contributed by atoms with Crippen LogP contribution >= 0.6 is 0 Å². The van der Waals surface area contributed by atoms with Crippen LogP contribution in [0.15, 0.2) is 43.0 Å². The van der Waals surface area contributed by atoms with Gasteiger partial charge in [-0.05, 0) is 18.4 Å². The van der Waals surface area contributed by atoms with Gasteiger partial charge in [0.25, 0.3) is 0 Å². The first-order valence-corrected chi connectivity index (χ1v) is 5.94. The summed E-state index contributed by atoms with van der Waals surface area (Å²) in [7, 11) is -0.547. The lowest BCUT2D eigenvalue weighted by molar-refractivity contribution is 0.0265. The normalized spacial score (nSPS) is 17.8. The molecule has 3 nitrogen and oxygen atoms in total. The molecular weight excluding hydrogens is 215 g/mol. The maximum atomic E-state index is 5.80. The molecule has 0 spiro atoms. The molecule has 90 valence electrons. The third-order valence-electron chi connectivity index (χ3n) is 2.62. The van der Waals surface area contributed by atoms with Crippen molar-refractivity contribution in [2.45, 2.75) is 18.9 Å². The molecule has 17 heavy (non-hydrogen) atoms. The molecule has 1 saturated heterocycles. The molecular formula is C13H17BO3. The molecule has 0 amide bonds. The van der Waals surface area contributed by atoms with Crippen LogP contribution < -0.4 is 0 Å². The van der Waals surface area contributed by atoms with Crippen LogP contribution in [-0.2, 0) is 14.0 Å². The summed E-state index contributed by atoms with van der Waals surface area (Å²) in [5.41, 5.74) is 1.12. The first-order valence-electron chi connectivity index (χ1n) is 5.94. The van der Waals surface area contributed by atoms with Gasteiger partial charge in [0.15, 0.2) is 0 Å². The summed E-state index contributed by atoms with van der Waals surface area (Å²) in [6.45, 7) is 5.15. The second-order valence-corrected chi connectivity index (χ2v) is 3.94. The van der Waals surface area contributed by atoms with Gasteiger partial charge in [0, 0.05) is 13.2 Å². The smallest absolute Gasteiger partial charge is 0.386 e. The molecule has 1 fully saturated rings. The summed E-state index contributed by atoms with van der Waals surface area (Å²) in [6.07, 6.45) is 3.46. The highest BCUT2D eigenvalue weighted by Gasteiger charge is 2.28. The van der Waals surface area contributed by atoms with Crippen molar-refractivity contribution in [2.75, 3.05) is 13.2 Å². The fourth-order valence-corrected chi connectivity index (χ4v) is 1.77. The van der Waals surface area contributed by atoms with Crippen molar-refractivity contribution in [3.05, 3.63) is 48.6 Å². The Balaban J connectivity index is 1.99. The molecule has 1 heterocycles. The highest BCUT2D eigenvalue weighted by Crippen LogP contribution is 2.23. The van der Waals surface area contributed by atoms with Crippen molar-refractivity contribution in [1.29, 1.82) is 0 Å². The van der Waals surface area contributed by atoms with E-state index < -0.39 is 7.32 Å². The van der Waals surface area contributed by atoms with Crippen molar-refractivity contribution in [1.82, 2.24) is 0 Å². The van der Waals surface area contributed by atoms with E-state index in [-0.39, 0.29) is 6.10 Å². The first-order chi connectivity index (χ1) is 8.40. The summed E-state index contributed by atoms with van der Waals surface area (Å²) in [4.78, 5) is 0. The second kappa shape index (κ2) is 6.59. The van der Waals surface area contributed by atoms with Crippen LogP contribution in [0.5, 0.6) is 0 Å². The van der Waals surface area contributed by atoms with Crippen molar-refractivity contribution >= 4 is 7.32 Å². The zero-order valence-electron chi connectivity index (χ0n) is 9.88. The first kappa shape index (κ1) is 12.4. The summed E-state index contributed by atoms with van der Waals surface area (Å²) in [5.74, 6) is 0. The van der Waals surface area contributed by atoms with Gasteiger partial charge in [0.05, 0.1) is 6.10 Å². The molecule has 0 aliphatic carbocycles. The second-order valence-electron chi connectivity index (χ2n) is 3.94. The molecule has 0 aromatic heterocycles. The van der Waals surface area contributed by atoms with E-state index in [9.17, 15) is 0 Å². The highest BCUT2D eigenvalue weighted by atomic mass is 16.7. The molecule has 0 bridgehead atoms. The van der Waals surface area contributed by atoms with Crippen molar-refractivity contribution in [2.24, 2.45) is 0 Å². The number of benzene rings is 1. The summed E-state index contributed by atoms with van der Waals surface area (Å²) in [5, 5.41) is 0. The molecule has 1 aliphatic rings. The molecule has 0 N–H and O–H groups in total. The summed E-state index contributed by atoms with van der Waals surface area (Å²) >= 11 is 0. The highest BCUT2D eigenvalue weighted by molar-refractivity contribution is 6.36. The van der Waals surface area contributed by atoms with Crippen LogP contribution in [0.4, 0.5) is 0 Å². The lowest BCUT2D eigenvalue weighted by atomic mass is 10.0. The van der Waals surface area contributed by atoms with E-state index >= 15 is 0 Å². The lowest BCUT2D eigenvalue weighted by Gasteiger charge is -2.24. The van der Waals surface area contributed by atoms with Crippen molar-refractivity contribution < 1.29 is 14.0 Å². The Kier molecular flexibility index (Phi) is 4.80. The van der Waals surface area contributed by atoms with Gasteiger partial charge in [-0.3, -0.25) is 0 Å². The van der Waals surface area contributed by atoms with E-state index in [2.05, 4.69) is 6.58 Å². The van der Waals surface area contributed by atoms with Gasteiger partial charge >= 0.3 is 7.32 Å². The average molecular weight is 232 g/mol. The van der Waals surface area contributed by atoms with E-state index in [0.717, 1.165) is 18.4 Å². The predicted octanol–water partition coefficient (Wildman–Crippen LogP) is 2.74. The fourth-order valence-electron chi connectivity index (χ4n) is 1.77. The summed E-state index contributed by atoms with van der Waals surface area (Å²) < 4.78 is 16.6. The largest absolute Gasteiger partial charge is 0.639 e. The van der Waals surface area contributed by atoms with Crippen LogP contribution in [-0.4, -0.2) is 20.5 Å². The SMILES string of the molecule is C=CCC(OB1OCCCO1)c1ccccc1. The Bertz CT molecular complexity index is 336. The Labute approximate surface area is 103 Å². The maximum absolute atomic E-state index is 5.80. The Morgan fingerprint density at radius 1 is 1.29 bits per heavy atom. The van der Waals surface area contributed by atoms with Gasteiger partial charge in [-0.2, -0.15) is 0 Å². The zero-order chi connectivity index (χ0) is 11.9. The molecule has 0 radical (unpaired) electrons. The Hall–Kier alpha value is -1.10. The van der Waals surface area contributed by atoms with Gasteiger partial charge < -0.3 is 14.0 Å². The number of hydrogen-bond donors (Lipinski definition) is 0. The van der Waals surface area contributed by atoms with Crippen LogP contribution in [0.1, 0.15) is 24.5 Å². The molecule has 1 aromatic carbocycles. The molecule has 2 rings (SSSR count). The third kappa shape index (κ3) is 3.70. The molecule has 4 heteroatoms. The Morgan fingerprint density at radius 3 is 2.65 bits per heavy atom. The summed E-state index contributed by atoms with van der Waals surface area (Å²) in [6, 6.07) is 10.1. The number of hydrogen-bond acceptors (Lipinski definition) is 3. The maximum Gasteiger partial charge on any atom is 0.639 e. The van der Waals surface area contributed by atoms with Gasteiger partial charge in [0.2, 0.25) is 0 Å². The molecule has 1 aliphatic heterocycles. The van der Waals surface area contributed by atoms with Gasteiger partial charge in [-0.25, -0.2) is 0 Å². The van der Waals surface area contributed by atoms with E-state index in [0.29, 0.717) is 13.2 Å². The van der Waals surface area contributed by atoms with Gasteiger partial charge in [-0.1, -0.05) is 36.4 Å². The standard InChI is InChI=1S/C13H17BO3/c1-2-7-13(12-8-4-3-5-9-12)17-14-15-10-6-11-16-14/h2-5,8-9,13H,1,6-7,10-11H2. The third-order valence-corrected chi connectivity index (χ3v) is 2.62. The van der Waals surface area contributed by atoms with Crippen LogP contribution in [0.25, 0.3) is 0 Å². The van der Waals surface area contributed by atoms with E-state index in [1.807, 2.05) is 36.4 Å². The van der Waals surface area contributed by atoms with E-state index in [1.54, 1.807) is 0 Å². The van der Waals surface area contributed by atoms with Gasteiger partial charge in [0.1, 0.15) is 0 Å². The minimum absolute atomic E-state index is 0.0585. The Morgan fingerprint density at radius 2 is 2.00 bits per heavy atom. The van der Waals surface area contributed by atoms with Crippen LogP contribution in [0, 0.1) is 0 Å². The predicted molar refractivity (Wildman–Crippen MR) is 67.4 cm³/mol.